The lowest BCUT2D eigenvalue weighted by Crippen LogP contribution is -2.55. The van der Waals surface area contributed by atoms with Gasteiger partial charge in [-0.3, -0.25) is 10.1 Å². The van der Waals surface area contributed by atoms with E-state index in [1.807, 2.05) is 0 Å². The van der Waals surface area contributed by atoms with Crippen molar-refractivity contribution in [3.05, 3.63) is 75.4 Å². The van der Waals surface area contributed by atoms with Crippen LogP contribution in [-0.4, -0.2) is 39.2 Å². The highest BCUT2D eigenvalue weighted by Gasteiger charge is 2.56. The normalized spacial score (nSPS) is 32.8. The van der Waals surface area contributed by atoms with Crippen LogP contribution in [0.1, 0.15) is 41.4 Å². The number of aliphatic carboxylic acids is 1. The predicted octanol–water partition coefficient (Wildman–Crippen LogP) is 5.72. The summed E-state index contributed by atoms with van der Waals surface area (Å²) in [5, 5.41) is 21.5. The van der Waals surface area contributed by atoms with Crippen LogP contribution in [0.2, 0.25) is 0 Å². The lowest BCUT2D eigenvalue weighted by atomic mass is 9.71. The van der Waals surface area contributed by atoms with E-state index in [-0.39, 0.29) is 33.1 Å². The summed E-state index contributed by atoms with van der Waals surface area (Å²) in [4.78, 5) is 26.6. The van der Waals surface area contributed by atoms with E-state index in [4.69, 9.17) is 11.6 Å². The number of benzene rings is 2. The van der Waals surface area contributed by atoms with Crippen molar-refractivity contribution in [2.45, 2.75) is 53.2 Å². The lowest BCUT2D eigenvalue weighted by molar-refractivity contribution is -0.387. The third kappa shape index (κ3) is 3.20. The molecule has 2 aromatic carbocycles. The Bertz CT molecular complexity index is 1230. The van der Waals surface area contributed by atoms with Crippen LogP contribution in [0.15, 0.2) is 53.4 Å². The maximum absolute atomic E-state index is 12.7. The van der Waals surface area contributed by atoms with E-state index in [0.717, 1.165) is 24.2 Å². The molecule has 6 nitrogen and oxygen atoms in total. The third-order valence-corrected chi connectivity index (χ3v) is 10.2. The van der Waals surface area contributed by atoms with E-state index in [1.165, 1.54) is 29.0 Å². The van der Waals surface area contributed by atoms with Crippen LogP contribution < -0.4 is 4.90 Å². The molecule has 0 bridgehead atoms. The number of nitro benzene ring substituents is 1. The number of anilines is 1. The van der Waals surface area contributed by atoms with Crippen molar-refractivity contribution in [2.75, 3.05) is 11.4 Å². The second kappa shape index (κ2) is 8.02. The molecule has 2 aliphatic heterocycles. The topological polar surface area (TPSA) is 83.7 Å². The summed E-state index contributed by atoms with van der Waals surface area (Å²) >= 11 is 8.56. The molecule has 176 valence electrons. The van der Waals surface area contributed by atoms with Gasteiger partial charge in [0.05, 0.1) is 15.2 Å². The van der Waals surface area contributed by atoms with Crippen LogP contribution in [0.5, 0.6) is 0 Å². The highest BCUT2D eigenvalue weighted by atomic mass is 35.5. The molecule has 6 rings (SSSR count). The fourth-order valence-corrected chi connectivity index (χ4v) is 8.74. The maximum atomic E-state index is 12.7. The van der Waals surface area contributed by atoms with Gasteiger partial charge in [-0.1, -0.05) is 42.0 Å². The van der Waals surface area contributed by atoms with Crippen LogP contribution in [-0.2, 0) is 4.79 Å². The average molecular weight is 497 g/mol. The molecule has 0 spiro atoms. The Morgan fingerprint density at radius 1 is 1.26 bits per heavy atom. The van der Waals surface area contributed by atoms with E-state index in [2.05, 4.69) is 36.1 Å². The van der Waals surface area contributed by atoms with Crippen molar-refractivity contribution >= 4 is 40.7 Å². The molecule has 34 heavy (non-hydrogen) atoms. The Hall–Kier alpha value is -2.51. The number of hydrogen-bond acceptors (Lipinski definition) is 5. The number of halogens is 1. The number of carboxylic acids is 1. The van der Waals surface area contributed by atoms with Crippen molar-refractivity contribution in [3.8, 4) is 0 Å². The van der Waals surface area contributed by atoms with Gasteiger partial charge in [0.25, 0.3) is 5.69 Å². The predicted molar refractivity (Wildman–Crippen MR) is 133 cm³/mol. The Labute approximate surface area is 207 Å². The Morgan fingerprint density at radius 3 is 2.79 bits per heavy atom. The number of carbonyl (C=O) groups is 1. The molecular weight excluding hydrogens is 472 g/mol. The molecule has 1 N–H and O–H groups in total. The minimum atomic E-state index is -0.809. The van der Waals surface area contributed by atoms with Crippen molar-refractivity contribution in [1.29, 1.82) is 0 Å². The van der Waals surface area contributed by atoms with Gasteiger partial charge in [0.1, 0.15) is 6.04 Å². The third-order valence-electron chi connectivity index (χ3n) is 8.04. The zero-order chi connectivity index (χ0) is 23.7. The number of nitrogens with zero attached hydrogens (tertiary/aromatic N) is 2. The smallest absolute Gasteiger partial charge is 0.326 e. The van der Waals surface area contributed by atoms with Gasteiger partial charge in [-0.15, -0.1) is 23.4 Å². The summed E-state index contributed by atoms with van der Waals surface area (Å²) in [5.74, 6) is -0.339. The maximum Gasteiger partial charge on any atom is 0.326 e. The largest absolute Gasteiger partial charge is 0.480 e. The SMILES string of the molecule is Cc1cc2c3c(c1)[C@H]1C=CC[C@@H]1CN3[C@@H](C(=O)O)[C@@H]1C[C@H](Sc3ccccc3[N+](=O)[O-])[C@H](Cl)[C@H]21. The molecule has 8 heteroatoms. The molecule has 2 aliphatic carbocycles. The molecule has 1 fully saturated rings. The Balaban J connectivity index is 1.45. The highest BCUT2D eigenvalue weighted by molar-refractivity contribution is 8.00. The molecule has 0 radical (unpaired) electrons. The van der Waals surface area contributed by atoms with Crippen LogP contribution in [0.25, 0.3) is 0 Å². The molecule has 4 aliphatic rings. The number of hydrogen-bond donors (Lipinski definition) is 1. The molecular formula is C26H25ClN2O4S. The number of fused-ring (bicyclic) bond motifs is 4. The van der Waals surface area contributed by atoms with Gasteiger partial charge in [-0.05, 0) is 48.8 Å². The van der Waals surface area contributed by atoms with Gasteiger partial charge in [0.15, 0.2) is 0 Å². The number of allylic oxidation sites excluding steroid dienone is 2. The van der Waals surface area contributed by atoms with Gasteiger partial charge >= 0.3 is 5.97 Å². The number of carboxylic acid groups (broad SMARTS) is 1. The monoisotopic (exact) mass is 496 g/mol. The lowest BCUT2D eigenvalue weighted by Gasteiger charge is -2.50. The molecule has 1 saturated carbocycles. The number of alkyl halides is 1. The summed E-state index contributed by atoms with van der Waals surface area (Å²) in [6.07, 6.45) is 6.08. The van der Waals surface area contributed by atoms with Crippen LogP contribution in [0.3, 0.4) is 0 Å². The van der Waals surface area contributed by atoms with Crippen LogP contribution >= 0.6 is 23.4 Å². The number of nitro groups is 1. The number of rotatable bonds is 4. The first-order valence-corrected chi connectivity index (χ1v) is 13.0. The fourth-order valence-electron chi connectivity index (χ4n) is 6.79. The van der Waals surface area contributed by atoms with E-state index >= 15 is 0 Å². The molecule has 2 aromatic rings. The zero-order valence-corrected chi connectivity index (χ0v) is 20.2. The van der Waals surface area contributed by atoms with Crippen molar-refractivity contribution < 1.29 is 14.8 Å². The van der Waals surface area contributed by atoms with Crippen molar-refractivity contribution in [1.82, 2.24) is 0 Å². The quantitative estimate of drug-likeness (QED) is 0.252. The summed E-state index contributed by atoms with van der Waals surface area (Å²) in [6, 6.07) is 10.5. The van der Waals surface area contributed by atoms with Gasteiger partial charge in [0.2, 0.25) is 0 Å². The molecule has 7 atom stereocenters. The summed E-state index contributed by atoms with van der Waals surface area (Å²) in [5.41, 5.74) is 4.68. The van der Waals surface area contributed by atoms with Gasteiger partial charge in [-0.2, -0.15) is 0 Å². The van der Waals surface area contributed by atoms with E-state index in [1.54, 1.807) is 18.2 Å². The number of aryl methyl sites for hydroxylation is 1. The fraction of sp³-hybridized carbons (Fsp3) is 0.423. The van der Waals surface area contributed by atoms with Gasteiger partial charge in [-0.25, -0.2) is 4.79 Å². The Morgan fingerprint density at radius 2 is 2.03 bits per heavy atom. The molecule has 0 saturated heterocycles. The minimum Gasteiger partial charge on any atom is -0.480 e. The number of para-hydroxylation sites is 1. The van der Waals surface area contributed by atoms with Crippen molar-refractivity contribution in [2.24, 2.45) is 11.8 Å². The number of thioether (sulfide) groups is 1. The van der Waals surface area contributed by atoms with Crippen molar-refractivity contribution in [3.63, 3.8) is 0 Å². The average Bonchev–Trinajstić information content (AvgIpc) is 3.38. The molecule has 0 aromatic heterocycles. The van der Waals surface area contributed by atoms with E-state index in [9.17, 15) is 20.0 Å². The summed E-state index contributed by atoms with van der Waals surface area (Å²) < 4.78 is 0. The molecule has 2 heterocycles. The molecule has 0 unspecified atom stereocenters. The Kier molecular flexibility index (Phi) is 5.19. The first-order valence-electron chi connectivity index (χ1n) is 11.7. The summed E-state index contributed by atoms with van der Waals surface area (Å²) in [7, 11) is 0. The summed E-state index contributed by atoms with van der Waals surface area (Å²) in [6.45, 7) is 2.83. The van der Waals surface area contributed by atoms with E-state index < -0.39 is 12.0 Å². The minimum absolute atomic E-state index is 0.0682. The second-order valence-corrected chi connectivity index (χ2v) is 11.7. The first kappa shape index (κ1) is 22.0. The molecule has 0 amide bonds. The van der Waals surface area contributed by atoms with Crippen LogP contribution in [0, 0.1) is 28.9 Å². The van der Waals surface area contributed by atoms with E-state index in [0.29, 0.717) is 23.2 Å². The van der Waals surface area contributed by atoms with Crippen LogP contribution in [0.4, 0.5) is 11.4 Å². The standard InChI is InChI=1S/C26H25ClN2O4S/c1-13-9-16-15-6-4-5-14(15)12-28-24(16)17(10-13)22-18(25(28)26(30)31)11-21(23(22)27)34-20-8-3-2-7-19(20)29(32)33/h2-4,6-10,14-15,18,21-23,25H,5,11-12H2,1H3,(H,30,31)/t14-,15+,18-,21+,22-,23+,25-/m1/s1. The first-order chi connectivity index (χ1) is 16.3. The highest BCUT2D eigenvalue weighted by Crippen LogP contribution is 2.60. The second-order valence-electron chi connectivity index (χ2n) is 9.93. The van der Waals surface area contributed by atoms with Gasteiger partial charge < -0.3 is 10.0 Å². The zero-order valence-electron chi connectivity index (χ0n) is 18.6. The van der Waals surface area contributed by atoms with Gasteiger partial charge in [0, 0.05) is 35.4 Å².